The molecular formula is C18H22N2O5S. The van der Waals surface area contributed by atoms with Crippen molar-refractivity contribution >= 4 is 15.9 Å². The van der Waals surface area contributed by atoms with E-state index in [9.17, 15) is 13.2 Å². The van der Waals surface area contributed by atoms with Crippen molar-refractivity contribution < 1.29 is 22.7 Å². The normalized spacial score (nSPS) is 11.2. The highest BCUT2D eigenvalue weighted by atomic mass is 32.2. The third-order valence-electron chi connectivity index (χ3n) is 3.77. The van der Waals surface area contributed by atoms with E-state index in [1.165, 1.54) is 32.4 Å². The molecule has 0 atom stereocenters. The van der Waals surface area contributed by atoms with E-state index in [1.54, 1.807) is 7.11 Å². The first-order valence-electron chi connectivity index (χ1n) is 7.88. The smallest absolute Gasteiger partial charge is 0.251 e. The van der Waals surface area contributed by atoms with Crippen LogP contribution in [0.2, 0.25) is 0 Å². The predicted octanol–water partition coefficient (Wildman–Crippen LogP) is 1.68. The topological polar surface area (TPSA) is 93.7 Å². The molecule has 26 heavy (non-hydrogen) atoms. The molecule has 0 aliphatic rings. The van der Waals surface area contributed by atoms with E-state index in [-0.39, 0.29) is 22.1 Å². The molecule has 2 N–H and O–H groups in total. The van der Waals surface area contributed by atoms with Gasteiger partial charge in [-0.2, -0.15) is 0 Å². The van der Waals surface area contributed by atoms with Crippen molar-refractivity contribution in [1.29, 1.82) is 0 Å². The monoisotopic (exact) mass is 378 g/mol. The number of carbonyl (C=O) groups excluding carboxylic acids is 1. The first kappa shape index (κ1) is 19.9. The lowest BCUT2D eigenvalue weighted by Crippen LogP contribution is -2.24. The highest BCUT2D eigenvalue weighted by Crippen LogP contribution is 2.24. The van der Waals surface area contributed by atoms with Crippen molar-refractivity contribution in [2.24, 2.45) is 0 Å². The second-order valence-corrected chi connectivity index (χ2v) is 7.36. The zero-order chi connectivity index (χ0) is 19.2. The van der Waals surface area contributed by atoms with E-state index in [4.69, 9.17) is 9.47 Å². The largest absolute Gasteiger partial charge is 0.495 e. The van der Waals surface area contributed by atoms with Crippen LogP contribution in [-0.2, 0) is 27.9 Å². The number of methoxy groups -OCH3 is 2. The summed E-state index contributed by atoms with van der Waals surface area (Å²) in [4.78, 5) is 12.3. The first-order chi connectivity index (χ1) is 12.4. The van der Waals surface area contributed by atoms with Gasteiger partial charge < -0.3 is 14.8 Å². The van der Waals surface area contributed by atoms with Crippen LogP contribution in [-0.4, -0.2) is 35.6 Å². The SMILES string of the molecule is CNS(=O)(=O)c1cc(C(=O)NCc2ccc(COC)cc2)ccc1OC. The number of sulfonamides is 1. The van der Waals surface area contributed by atoms with Crippen molar-refractivity contribution in [3.8, 4) is 5.75 Å². The van der Waals surface area contributed by atoms with Gasteiger partial charge in [-0.25, -0.2) is 13.1 Å². The van der Waals surface area contributed by atoms with E-state index in [1.807, 2.05) is 24.3 Å². The number of hydrogen-bond acceptors (Lipinski definition) is 5. The van der Waals surface area contributed by atoms with Gasteiger partial charge in [0.2, 0.25) is 10.0 Å². The van der Waals surface area contributed by atoms with Crippen molar-refractivity contribution in [1.82, 2.24) is 10.0 Å². The van der Waals surface area contributed by atoms with Gasteiger partial charge in [0.15, 0.2) is 0 Å². The molecule has 2 rings (SSSR count). The Morgan fingerprint density at radius 2 is 1.69 bits per heavy atom. The molecule has 140 valence electrons. The van der Waals surface area contributed by atoms with Gasteiger partial charge >= 0.3 is 0 Å². The fraction of sp³-hybridized carbons (Fsp3) is 0.278. The van der Waals surface area contributed by atoms with Gasteiger partial charge in [-0.05, 0) is 36.4 Å². The molecule has 0 saturated heterocycles. The van der Waals surface area contributed by atoms with Crippen molar-refractivity contribution in [3.63, 3.8) is 0 Å². The molecule has 0 aliphatic carbocycles. The Bertz CT molecular complexity index is 864. The molecular weight excluding hydrogens is 356 g/mol. The molecule has 0 aromatic heterocycles. The van der Waals surface area contributed by atoms with Gasteiger partial charge in [0.25, 0.3) is 5.91 Å². The van der Waals surface area contributed by atoms with Gasteiger partial charge in [-0.1, -0.05) is 24.3 Å². The van der Waals surface area contributed by atoms with E-state index >= 15 is 0 Å². The maximum atomic E-state index is 12.4. The van der Waals surface area contributed by atoms with Crippen molar-refractivity contribution in [3.05, 3.63) is 59.2 Å². The molecule has 0 radical (unpaired) electrons. The Labute approximate surface area is 153 Å². The second kappa shape index (κ2) is 8.79. The number of ether oxygens (including phenoxy) is 2. The molecule has 1 amide bonds. The van der Waals surface area contributed by atoms with Crippen LogP contribution >= 0.6 is 0 Å². The van der Waals surface area contributed by atoms with Crippen LogP contribution in [0.3, 0.4) is 0 Å². The molecule has 8 heteroatoms. The summed E-state index contributed by atoms with van der Waals surface area (Å²) < 4.78 is 36.5. The molecule has 2 aromatic carbocycles. The Hall–Kier alpha value is -2.42. The van der Waals surface area contributed by atoms with Crippen LogP contribution in [0, 0.1) is 0 Å². The highest BCUT2D eigenvalue weighted by Gasteiger charge is 2.20. The van der Waals surface area contributed by atoms with E-state index in [0.717, 1.165) is 11.1 Å². The maximum absolute atomic E-state index is 12.4. The second-order valence-electron chi connectivity index (χ2n) is 5.51. The zero-order valence-electron chi connectivity index (χ0n) is 14.9. The minimum absolute atomic E-state index is 0.0842. The molecule has 2 aromatic rings. The van der Waals surface area contributed by atoms with Crippen LogP contribution in [0.1, 0.15) is 21.5 Å². The third-order valence-corrected chi connectivity index (χ3v) is 5.21. The summed E-state index contributed by atoms with van der Waals surface area (Å²) in [6, 6.07) is 11.9. The lowest BCUT2D eigenvalue weighted by molar-refractivity contribution is 0.0950. The summed E-state index contributed by atoms with van der Waals surface area (Å²) in [6.07, 6.45) is 0. The minimum atomic E-state index is -3.74. The molecule has 0 aliphatic heterocycles. The van der Waals surface area contributed by atoms with Crippen molar-refractivity contribution in [2.45, 2.75) is 18.0 Å². The number of benzene rings is 2. The molecule has 0 unspecified atom stereocenters. The summed E-state index contributed by atoms with van der Waals surface area (Å²) in [7, 11) is 0.562. The minimum Gasteiger partial charge on any atom is -0.495 e. The van der Waals surface area contributed by atoms with Crippen LogP contribution < -0.4 is 14.8 Å². The van der Waals surface area contributed by atoms with Gasteiger partial charge in [0, 0.05) is 19.2 Å². The van der Waals surface area contributed by atoms with Crippen LogP contribution in [0.5, 0.6) is 5.75 Å². The zero-order valence-corrected chi connectivity index (χ0v) is 15.7. The summed E-state index contributed by atoms with van der Waals surface area (Å²) in [6.45, 7) is 0.855. The summed E-state index contributed by atoms with van der Waals surface area (Å²) in [5.74, 6) is -0.203. The molecule has 0 fully saturated rings. The van der Waals surface area contributed by atoms with E-state index < -0.39 is 10.0 Å². The third kappa shape index (κ3) is 4.81. The van der Waals surface area contributed by atoms with Gasteiger partial charge in [-0.3, -0.25) is 4.79 Å². The fourth-order valence-electron chi connectivity index (χ4n) is 2.34. The summed E-state index contributed by atoms with van der Waals surface area (Å²) in [5, 5.41) is 2.77. The molecule has 7 nitrogen and oxygen atoms in total. The van der Waals surface area contributed by atoms with Crippen LogP contribution in [0.15, 0.2) is 47.4 Å². The van der Waals surface area contributed by atoms with Crippen molar-refractivity contribution in [2.75, 3.05) is 21.3 Å². The Morgan fingerprint density at radius 3 is 2.27 bits per heavy atom. The Kier molecular flexibility index (Phi) is 6.73. The maximum Gasteiger partial charge on any atom is 0.251 e. The standard InChI is InChI=1S/C18H22N2O5S/c1-19-26(22,23)17-10-15(8-9-16(17)25-3)18(21)20-11-13-4-6-14(7-5-13)12-24-2/h4-10,19H,11-12H2,1-3H3,(H,20,21). The number of hydrogen-bond donors (Lipinski definition) is 2. The number of rotatable bonds is 8. The Morgan fingerprint density at radius 1 is 1.04 bits per heavy atom. The molecule has 0 spiro atoms. The predicted molar refractivity (Wildman–Crippen MR) is 97.6 cm³/mol. The average molecular weight is 378 g/mol. The lowest BCUT2D eigenvalue weighted by Gasteiger charge is -2.11. The fourth-order valence-corrected chi connectivity index (χ4v) is 3.26. The van der Waals surface area contributed by atoms with E-state index in [2.05, 4.69) is 10.0 Å². The number of nitrogens with one attached hydrogen (secondary N) is 2. The molecule has 0 saturated carbocycles. The molecule has 0 bridgehead atoms. The van der Waals surface area contributed by atoms with Gasteiger partial charge in [0.1, 0.15) is 10.6 Å². The van der Waals surface area contributed by atoms with Crippen LogP contribution in [0.4, 0.5) is 0 Å². The van der Waals surface area contributed by atoms with Gasteiger partial charge in [0.05, 0.1) is 13.7 Å². The average Bonchev–Trinajstić information content (AvgIpc) is 2.66. The number of carbonyl (C=O) groups is 1. The molecule has 0 heterocycles. The lowest BCUT2D eigenvalue weighted by atomic mass is 10.1. The number of amides is 1. The van der Waals surface area contributed by atoms with E-state index in [0.29, 0.717) is 13.2 Å². The van der Waals surface area contributed by atoms with Gasteiger partial charge in [-0.15, -0.1) is 0 Å². The first-order valence-corrected chi connectivity index (χ1v) is 9.36. The quantitative estimate of drug-likeness (QED) is 0.729. The highest BCUT2D eigenvalue weighted by molar-refractivity contribution is 7.89. The summed E-state index contributed by atoms with van der Waals surface area (Å²) in [5.41, 5.74) is 2.20. The Balaban J connectivity index is 2.13. The summed E-state index contributed by atoms with van der Waals surface area (Å²) >= 11 is 0. The van der Waals surface area contributed by atoms with Crippen LogP contribution in [0.25, 0.3) is 0 Å².